The molecule has 128 valence electrons. The van der Waals surface area contributed by atoms with Crippen molar-refractivity contribution in [3.8, 4) is 0 Å². The van der Waals surface area contributed by atoms with Crippen LogP contribution in [0.4, 0.5) is 19.0 Å². The summed E-state index contributed by atoms with van der Waals surface area (Å²) in [5.74, 6) is 0.213. The van der Waals surface area contributed by atoms with E-state index >= 15 is 0 Å². The van der Waals surface area contributed by atoms with Gasteiger partial charge in [-0.1, -0.05) is 0 Å². The van der Waals surface area contributed by atoms with Gasteiger partial charge in [-0.3, -0.25) is 4.90 Å². The summed E-state index contributed by atoms with van der Waals surface area (Å²) < 4.78 is 44.7. The van der Waals surface area contributed by atoms with Gasteiger partial charge in [0.1, 0.15) is 11.4 Å². The number of halogens is 4. The van der Waals surface area contributed by atoms with E-state index in [2.05, 4.69) is 14.9 Å². The molecule has 23 heavy (non-hydrogen) atoms. The van der Waals surface area contributed by atoms with Crippen LogP contribution in [0.3, 0.4) is 0 Å². The SMILES string of the molecule is FC(F)(F)c1cnc(Cl)nc1N1CC[C@@H](CN2CCOCC2)C1. The van der Waals surface area contributed by atoms with Gasteiger partial charge >= 0.3 is 6.18 Å². The van der Waals surface area contributed by atoms with Gasteiger partial charge in [0.25, 0.3) is 0 Å². The number of nitrogens with zero attached hydrogens (tertiary/aromatic N) is 4. The van der Waals surface area contributed by atoms with E-state index in [-0.39, 0.29) is 11.1 Å². The molecule has 0 unspecified atom stereocenters. The van der Waals surface area contributed by atoms with Crippen molar-refractivity contribution in [1.29, 1.82) is 0 Å². The predicted octanol–water partition coefficient (Wildman–Crippen LogP) is 2.31. The Morgan fingerprint density at radius 1 is 1.26 bits per heavy atom. The van der Waals surface area contributed by atoms with Crippen LogP contribution in [0.25, 0.3) is 0 Å². The summed E-state index contributed by atoms with van der Waals surface area (Å²) in [4.78, 5) is 11.3. The quantitative estimate of drug-likeness (QED) is 0.782. The predicted molar refractivity (Wildman–Crippen MR) is 79.6 cm³/mol. The second kappa shape index (κ2) is 6.78. The van der Waals surface area contributed by atoms with Crippen molar-refractivity contribution in [3.63, 3.8) is 0 Å². The first-order valence-corrected chi connectivity index (χ1v) is 7.96. The number of alkyl halides is 3. The van der Waals surface area contributed by atoms with E-state index in [1.165, 1.54) is 0 Å². The Kier molecular flexibility index (Phi) is 4.93. The molecule has 0 saturated carbocycles. The average molecular weight is 351 g/mol. The summed E-state index contributed by atoms with van der Waals surface area (Å²) in [7, 11) is 0. The number of aromatic nitrogens is 2. The molecule has 2 aliphatic heterocycles. The molecule has 0 aromatic carbocycles. The Morgan fingerprint density at radius 3 is 2.70 bits per heavy atom. The van der Waals surface area contributed by atoms with E-state index < -0.39 is 11.7 Å². The third kappa shape index (κ3) is 4.05. The van der Waals surface area contributed by atoms with E-state index in [0.717, 1.165) is 45.5 Å². The molecule has 3 heterocycles. The smallest absolute Gasteiger partial charge is 0.379 e. The zero-order valence-electron chi connectivity index (χ0n) is 12.5. The first kappa shape index (κ1) is 16.7. The minimum absolute atomic E-state index is 0.109. The number of rotatable bonds is 3. The molecule has 1 atom stereocenters. The molecule has 0 N–H and O–H groups in total. The maximum absolute atomic E-state index is 13.1. The molecule has 9 heteroatoms. The maximum Gasteiger partial charge on any atom is 0.421 e. The van der Waals surface area contributed by atoms with Gasteiger partial charge in [-0.05, 0) is 23.9 Å². The van der Waals surface area contributed by atoms with Crippen molar-refractivity contribution >= 4 is 17.4 Å². The van der Waals surface area contributed by atoms with Crippen LogP contribution in [0.15, 0.2) is 6.20 Å². The lowest BCUT2D eigenvalue weighted by Crippen LogP contribution is -2.40. The molecular formula is C14H18ClF3N4O. The van der Waals surface area contributed by atoms with Crippen LogP contribution in [-0.4, -0.2) is 60.8 Å². The van der Waals surface area contributed by atoms with Crippen LogP contribution in [-0.2, 0) is 10.9 Å². The lowest BCUT2D eigenvalue weighted by atomic mass is 10.1. The van der Waals surface area contributed by atoms with Crippen molar-refractivity contribution in [2.75, 3.05) is 50.8 Å². The van der Waals surface area contributed by atoms with E-state index in [9.17, 15) is 13.2 Å². The number of hydrogen-bond acceptors (Lipinski definition) is 5. The summed E-state index contributed by atoms with van der Waals surface area (Å²) in [6.45, 7) is 5.17. The molecule has 0 aliphatic carbocycles. The third-order valence-corrected chi connectivity index (χ3v) is 4.43. The Labute approximate surface area is 137 Å². The van der Waals surface area contributed by atoms with Crippen LogP contribution in [0.1, 0.15) is 12.0 Å². The zero-order chi connectivity index (χ0) is 16.4. The fraction of sp³-hybridized carbons (Fsp3) is 0.714. The van der Waals surface area contributed by atoms with Gasteiger partial charge in [-0.2, -0.15) is 18.2 Å². The number of ether oxygens (including phenoxy) is 1. The first-order chi connectivity index (χ1) is 10.9. The average Bonchev–Trinajstić information content (AvgIpc) is 2.95. The van der Waals surface area contributed by atoms with Gasteiger partial charge < -0.3 is 9.64 Å². The highest BCUT2D eigenvalue weighted by atomic mass is 35.5. The standard InChI is InChI=1S/C14H18ClF3N4O/c15-13-19-7-11(14(16,17)18)12(20-13)22-2-1-10(9-22)8-21-3-5-23-6-4-21/h7,10H,1-6,8-9H2/t10-/m0/s1. The van der Waals surface area contributed by atoms with Gasteiger partial charge in [-0.15, -0.1) is 0 Å². The highest BCUT2D eigenvalue weighted by Crippen LogP contribution is 2.37. The molecule has 1 aromatic rings. The number of hydrogen-bond donors (Lipinski definition) is 0. The lowest BCUT2D eigenvalue weighted by molar-refractivity contribution is -0.137. The van der Waals surface area contributed by atoms with E-state index in [4.69, 9.17) is 16.3 Å². The van der Waals surface area contributed by atoms with E-state index in [1.807, 2.05) is 0 Å². The Bertz CT molecular complexity index is 551. The second-order valence-electron chi connectivity index (χ2n) is 5.89. The van der Waals surface area contributed by atoms with Crippen molar-refractivity contribution in [2.24, 2.45) is 5.92 Å². The van der Waals surface area contributed by atoms with E-state index in [1.54, 1.807) is 4.90 Å². The van der Waals surface area contributed by atoms with Gasteiger partial charge in [0.2, 0.25) is 5.28 Å². The van der Waals surface area contributed by atoms with Gasteiger partial charge in [-0.25, -0.2) is 4.98 Å². The highest BCUT2D eigenvalue weighted by molar-refractivity contribution is 6.28. The van der Waals surface area contributed by atoms with Gasteiger partial charge in [0.05, 0.1) is 13.2 Å². The van der Waals surface area contributed by atoms with Crippen molar-refractivity contribution in [1.82, 2.24) is 14.9 Å². The zero-order valence-corrected chi connectivity index (χ0v) is 13.3. The normalized spacial score (nSPS) is 23.5. The summed E-state index contributed by atoms with van der Waals surface area (Å²) in [6, 6.07) is 0. The largest absolute Gasteiger partial charge is 0.421 e. The minimum Gasteiger partial charge on any atom is -0.379 e. The monoisotopic (exact) mass is 350 g/mol. The summed E-state index contributed by atoms with van der Waals surface area (Å²) in [6.07, 6.45) is -2.88. The molecule has 0 spiro atoms. The molecule has 0 bridgehead atoms. The van der Waals surface area contributed by atoms with Crippen molar-refractivity contribution in [3.05, 3.63) is 17.0 Å². The van der Waals surface area contributed by atoms with Crippen LogP contribution in [0.5, 0.6) is 0 Å². The van der Waals surface area contributed by atoms with Crippen molar-refractivity contribution < 1.29 is 17.9 Å². The van der Waals surface area contributed by atoms with Gasteiger partial charge in [0.15, 0.2) is 0 Å². The maximum atomic E-state index is 13.1. The molecule has 3 rings (SSSR count). The molecular weight excluding hydrogens is 333 g/mol. The summed E-state index contributed by atoms with van der Waals surface area (Å²) in [5.41, 5.74) is -0.825. The summed E-state index contributed by atoms with van der Waals surface area (Å²) >= 11 is 5.70. The molecule has 2 aliphatic rings. The minimum atomic E-state index is -4.48. The molecule has 0 radical (unpaired) electrons. The fourth-order valence-electron chi connectivity index (χ4n) is 3.12. The fourth-order valence-corrected chi connectivity index (χ4v) is 3.24. The Hall–Kier alpha value is -1.12. The van der Waals surface area contributed by atoms with Gasteiger partial charge in [0, 0.05) is 38.9 Å². The summed E-state index contributed by atoms with van der Waals surface area (Å²) in [5, 5.41) is -0.162. The first-order valence-electron chi connectivity index (χ1n) is 7.58. The Balaban J connectivity index is 1.70. The third-order valence-electron chi connectivity index (χ3n) is 4.25. The molecule has 1 aromatic heterocycles. The molecule has 5 nitrogen and oxygen atoms in total. The lowest BCUT2D eigenvalue weighted by Gasteiger charge is -2.29. The molecule has 2 saturated heterocycles. The topological polar surface area (TPSA) is 41.5 Å². The van der Waals surface area contributed by atoms with Crippen LogP contribution >= 0.6 is 11.6 Å². The van der Waals surface area contributed by atoms with E-state index in [0.29, 0.717) is 19.0 Å². The number of morpholine rings is 1. The van der Waals surface area contributed by atoms with Crippen molar-refractivity contribution in [2.45, 2.75) is 12.6 Å². The van der Waals surface area contributed by atoms with Crippen LogP contribution < -0.4 is 4.90 Å². The number of anilines is 1. The van der Waals surface area contributed by atoms with Crippen LogP contribution in [0.2, 0.25) is 5.28 Å². The molecule has 2 fully saturated rings. The second-order valence-corrected chi connectivity index (χ2v) is 6.23. The van der Waals surface area contributed by atoms with Crippen LogP contribution in [0, 0.1) is 5.92 Å². The highest BCUT2D eigenvalue weighted by Gasteiger charge is 2.38. The molecule has 0 amide bonds. The Morgan fingerprint density at radius 2 is 2.00 bits per heavy atom.